The average molecular weight is 347 g/mol. The number of benzene rings is 2. The molecule has 0 amide bonds. The summed E-state index contributed by atoms with van der Waals surface area (Å²) in [5, 5.41) is 0. The van der Waals surface area contributed by atoms with E-state index in [2.05, 4.69) is 52.5 Å². The van der Waals surface area contributed by atoms with E-state index in [0.29, 0.717) is 6.10 Å². The van der Waals surface area contributed by atoms with Crippen molar-refractivity contribution in [2.75, 3.05) is 0 Å². The predicted molar refractivity (Wildman–Crippen MR) is 88.1 cm³/mol. The monoisotopic (exact) mass is 346 g/mol. The molecule has 0 heterocycles. The maximum Gasteiger partial charge on any atom is 0.120 e. The van der Waals surface area contributed by atoms with Crippen LogP contribution in [0.5, 0.6) is 5.75 Å². The summed E-state index contributed by atoms with van der Waals surface area (Å²) in [4.78, 5) is 0. The lowest BCUT2D eigenvalue weighted by Crippen LogP contribution is -2.29. The number of aryl methyl sites for hydroxylation is 1. The highest BCUT2D eigenvalue weighted by Gasteiger charge is 2.24. The van der Waals surface area contributed by atoms with Gasteiger partial charge in [-0.05, 0) is 60.7 Å². The standard InChI is InChI=1S/C17H19BrN2O/c1-11-5-6-13(18)10-16(11)17(20-19)12-3-2-4-15(9-12)21-14-7-8-14/h2-6,9-10,14,17,20H,7-8,19H2,1H3. The first-order valence-corrected chi connectivity index (χ1v) is 7.95. The Morgan fingerprint density at radius 1 is 1.24 bits per heavy atom. The van der Waals surface area contributed by atoms with Crippen LogP contribution in [0.3, 0.4) is 0 Å². The van der Waals surface area contributed by atoms with Crippen LogP contribution in [0.15, 0.2) is 46.9 Å². The van der Waals surface area contributed by atoms with Crippen molar-refractivity contribution in [3.63, 3.8) is 0 Å². The molecule has 3 N–H and O–H groups in total. The van der Waals surface area contributed by atoms with Crippen LogP contribution in [-0.4, -0.2) is 6.10 Å². The molecule has 0 radical (unpaired) electrons. The van der Waals surface area contributed by atoms with Crippen molar-refractivity contribution < 1.29 is 4.74 Å². The van der Waals surface area contributed by atoms with Crippen LogP contribution in [0.4, 0.5) is 0 Å². The van der Waals surface area contributed by atoms with Gasteiger partial charge in [-0.25, -0.2) is 5.43 Å². The molecule has 2 aromatic carbocycles. The summed E-state index contributed by atoms with van der Waals surface area (Å²) < 4.78 is 6.92. The molecule has 21 heavy (non-hydrogen) atoms. The molecule has 0 spiro atoms. The first-order valence-electron chi connectivity index (χ1n) is 7.16. The molecule has 110 valence electrons. The Balaban J connectivity index is 1.93. The van der Waals surface area contributed by atoms with Crippen molar-refractivity contribution in [2.24, 2.45) is 5.84 Å². The van der Waals surface area contributed by atoms with E-state index in [1.165, 1.54) is 5.56 Å². The van der Waals surface area contributed by atoms with Gasteiger partial charge in [0, 0.05) is 4.47 Å². The highest BCUT2D eigenvalue weighted by Crippen LogP contribution is 2.31. The molecule has 0 aromatic heterocycles. The smallest absolute Gasteiger partial charge is 0.120 e. The molecule has 0 saturated heterocycles. The first-order chi connectivity index (χ1) is 10.2. The summed E-state index contributed by atoms with van der Waals surface area (Å²) in [6.45, 7) is 2.09. The minimum Gasteiger partial charge on any atom is -0.490 e. The van der Waals surface area contributed by atoms with E-state index in [0.717, 1.165) is 34.2 Å². The van der Waals surface area contributed by atoms with Crippen molar-refractivity contribution in [2.45, 2.75) is 31.9 Å². The van der Waals surface area contributed by atoms with E-state index in [1.54, 1.807) is 0 Å². The average Bonchev–Trinajstić information content (AvgIpc) is 3.28. The molecule has 1 unspecified atom stereocenters. The summed E-state index contributed by atoms with van der Waals surface area (Å²) in [5.74, 6) is 6.73. The molecular weight excluding hydrogens is 328 g/mol. The largest absolute Gasteiger partial charge is 0.490 e. The third kappa shape index (κ3) is 3.46. The van der Waals surface area contributed by atoms with E-state index >= 15 is 0 Å². The Hall–Kier alpha value is -1.36. The molecule has 1 saturated carbocycles. The number of hydrogen-bond donors (Lipinski definition) is 2. The lowest BCUT2D eigenvalue weighted by atomic mass is 9.95. The Labute approximate surface area is 133 Å². The summed E-state index contributed by atoms with van der Waals surface area (Å²) in [7, 11) is 0. The molecule has 1 aliphatic carbocycles. The molecule has 2 aromatic rings. The number of nitrogens with two attached hydrogens (primary N) is 1. The van der Waals surface area contributed by atoms with Gasteiger partial charge >= 0.3 is 0 Å². The zero-order valence-electron chi connectivity index (χ0n) is 12.0. The number of halogens is 1. The molecule has 3 rings (SSSR count). The third-order valence-corrected chi connectivity index (χ3v) is 4.23. The number of hydrazine groups is 1. The van der Waals surface area contributed by atoms with Crippen molar-refractivity contribution in [1.29, 1.82) is 0 Å². The maximum atomic E-state index is 5.87. The highest BCUT2D eigenvalue weighted by molar-refractivity contribution is 9.10. The van der Waals surface area contributed by atoms with Crippen LogP contribution in [0.1, 0.15) is 35.6 Å². The van der Waals surface area contributed by atoms with Gasteiger partial charge in [0.1, 0.15) is 5.75 Å². The van der Waals surface area contributed by atoms with Gasteiger partial charge in [0.15, 0.2) is 0 Å². The minimum absolute atomic E-state index is 0.0507. The summed E-state index contributed by atoms with van der Waals surface area (Å²) in [5.41, 5.74) is 6.40. The highest BCUT2D eigenvalue weighted by atomic mass is 79.9. The molecule has 0 bridgehead atoms. The zero-order valence-corrected chi connectivity index (χ0v) is 13.6. The quantitative estimate of drug-likeness (QED) is 0.638. The molecular formula is C17H19BrN2O. The fourth-order valence-corrected chi connectivity index (χ4v) is 2.81. The molecule has 0 aliphatic heterocycles. The minimum atomic E-state index is -0.0507. The van der Waals surface area contributed by atoms with Crippen LogP contribution >= 0.6 is 15.9 Å². The van der Waals surface area contributed by atoms with Gasteiger partial charge in [0.2, 0.25) is 0 Å². The molecule has 4 heteroatoms. The molecule has 1 fully saturated rings. The lowest BCUT2D eigenvalue weighted by molar-refractivity contribution is 0.302. The van der Waals surface area contributed by atoms with E-state index in [9.17, 15) is 0 Å². The Bertz CT molecular complexity index is 640. The predicted octanol–water partition coefficient (Wildman–Crippen LogP) is 3.85. The number of ether oxygens (including phenoxy) is 1. The van der Waals surface area contributed by atoms with E-state index in [-0.39, 0.29) is 6.04 Å². The summed E-state index contributed by atoms with van der Waals surface area (Å²) in [6.07, 6.45) is 2.72. The maximum absolute atomic E-state index is 5.87. The van der Waals surface area contributed by atoms with Crippen LogP contribution in [0.25, 0.3) is 0 Å². The zero-order chi connectivity index (χ0) is 14.8. The summed E-state index contributed by atoms with van der Waals surface area (Å²) >= 11 is 3.53. The van der Waals surface area contributed by atoms with Crippen LogP contribution in [0.2, 0.25) is 0 Å². The third-order valence-electron chi connectivity index (χ3n) is 3.74. The Kier molecular flexibility index (Phi) is 4.29. The van der Waals surface area contributed by atoms with E-state index in [1.807, 2.05) is 18.2 Å². The second-order valence-electron chi connectivity index (χ2n) is 5.49. The Morgan fingerprint density at radius 3 is 2.76 bits per heavy atom. The van der Waals surface area contributed by atoms with Gasteiger partial charge in [-0.1, -0.05) is 34.1 Å². The van der Waals surface area contributed by atoms with Crippen LogP contribution in [0, 0.1) is 6.92 Å². The number of rotatable bonds is 5. The van der Waals surface area contributed by atoms with Crippen molar-refractivity contribution in [1.82, 2.24) is 5.43 Å². The topological polar surface area (TPSA) is 47.3 Å². The van der Waals surface area contributed by atoms with Gasteiger partial charge in [-0.3, -0.25) is 5.84 Å². The number of hydrogen-bond acceptors (Lipinski definition) is 3. The molecule has 1 atom stereocenters. The van der Waals surface area contributed by atoms with Gasteiger partial charge in [0.25, 0.3) is 0 Å². The van der Waals surface area contributed by atoms with Gasteiger partial charge in [-0.2, -0.15) is 0 Å². The van der Waals surface area contributed by atoms with Gasteiger partial charge in [-0.15, -0.1) is 0 Å². The number of nitrogens with one attached hydrogen (secondary N) is 1. The van der Waals surface area contributed by atoms with Gasteiger partial charge < -0.3 is 4.74 Å². The molecule has 3 nitrogen and oxygen atoms in total. The van der Waals surface area contributed by atoms with E-state index < -0.39 is 0 Å². The fraction of sp³-hybridized carbons (Fsp3) is 0.294. The van der Waals surface area contributed by atoms with Crippen molar-refractivity contribution >= 4 is 15.9 Å². The van der Waals surface area contributed by atoms with Crippen LogP contribution in [-0.2, 0) is 0 Å². The second kappa shape index (κ2) is 6.18. The van der Waals surface area contributed by atoms with Crippen LogP contribution < -0.4 is 16.0 Å². The van der Waals surface area contributed by atoms with Gasteiger partial charge in [0.05, 0.1) is 12.1 Å². The fourth-order valence-electron chi connectivity index (χ4n) is 2.43. The SMILES string of the molecule is Cc1ccc(Br)cc1C(NN)c1cccc(OC2CC2)c1. The second-order valence-corrected chi connectivity index (χ2v) is 6.41. The lowest BCUT2D eigenvalue weighted by Gasteiger charge is -2.20. The van der Waals surface area contributed by atoms with Crippen molar-refractivity contribution in [3.05, 3.63) is 63.6 Å². The molecule has 1 aliphatic rings. The first kappa shape index (κ1) is 14.6. The van der Waals surface area contributed by atoms with E-state index in [4.69, 9.17) is 10.6 Å². The normalized spacial score (nSPS) is 15.8. The summed E-state index contributed by atoms with van der Waals surface area (Å²) in [6, 6.07) is 14.4. The van der Waals surface area contributed by atoms with Crippen molar-refractivity contribution in [3.8, 4) is 5.75 Å². The Morgan fingerprint density at radius 2 is 2.05 bits per heavy atom.